The molecule has 2 fully saturated rings. The van der Waals surface area contributed by atoms with Crippen LogP contribution in [-0.2, 0) is 4.79 Å². The molecule has 156 valence electrons. The van der Waals surface area contributed by atoms with Crippen molar-refractivity contribution in [3.8, 4) is 0 Å². The Balaban J connectivity index is 1.84. The number of rotatable bonds is 6. The number of nitrogens with zero attached hydrogens (tertiary/aromatic N) is 3. The van der Waals surface area contributed by atoms with Crippen LogP contribution in [0, 0.1) is 5.92 Å². The third kappa shape index (κ3) is 5.59. The fourth-order valence-corrected chi connectivity index (χ4v) is 4.59. The van der Waals surface area contributed by atoms with Crippen molar-refractivity contribution in [1.82, 2.24) is 20.0 Å². The topological polar surface area (TPSA) is 55.9 Å². The summed E-state index contributed by atoms with van der Waals surface area (Å²) in [5.74, 6) is 0.214. The van der Waals surface area contributed by atoms with E-state index < -0.39 is 0 Å². The first-order chi connectivity index (χ1) is 12.9. The van der Waals surface area contributed by atoms with E-state index in [0.717, 1.165) is 45.3 Å². The highest BCUT2D eigenvalue weighted by molar-refractivity contribution is 5.79. The number of hydrogen-bond donors (Lipinski definition) is 1. The predicted molar refractivity (Wildman–Crippen MR) is 110 cm³/mol. The van der Waals surface area contributed by atoms with Crippen molar-refractivity contribution in [3.63, 3.8) is 0 Å². The van der Waals surface area contributed by atoms with Crippen molar-refractivity contribution in [2.75, 3.05) is 46.8 Å². The molecule has 0 spiro atoms. The first-order valence-electron chi connectivity index (χ1n) is 10.9. The van der Waals surface area contributed by atoms with Crippen molar-refractivity contribution >= 4 is 11.9 Å². The third-order valence-corrected chi connectivity index (χ3v) is 6.74. The van der Waals surface area contributed by atoms with Gasteiger partial charge in [-0.05, 0) is 53.6 Å². The standard InChI is InChI=1S/C21H40N4O2/c1-5-24(6-2)20(27)25-15-11-18(12-16-25)19(26)22-17-21(23(3)4)13-9-7-8-10-14-21/h18H,5-17H2,1-4H3,(H,22,26). The van der Waals surface area contributed by atoms with Crippen LogP contribution in [0.2, 0.25) is 0 Å². The molecule has 6 heteroatoms. The van der Waals surface area contributed by atoms with Crippen molar-refractivity contribution in [2.24, 2.45) is 5.92 Å². The summed E-state index contributed by atoms with van der Waals surface area (Å²) in [5.41, 5.74) is 0.103. The van der Waals surface area contributed by atoms with E-state index in [1.807, 2.05) is 23.6 Å². The van der Waals surface area contributed by atoms with Crippen LogP contribution in [0.4, 0.5) is 4.79 Å². The van der Waals surface area contributed by atoms with Crippen LogP contribution in [0.3, 0.4) is 0 Å². The molecule has 1 saturated carbocycles. The lowest BCUT2D eigenvalue weighted by atomic mass is 9.88. The van der Waals surface area contributed by atoms with Gasteiger partial charge in [0.15, 0.2) is 0 Å². The molecule has 3 amide bonds. The quantitative estimate of drug-likeness (QED) is 0.721. The second-order valence-corrected chi connectivity index (χ2v) is 8.47. The molecule has 2 aliphatic rings. The van der Waals surface area contributed by atoms with Crippen molar-refractivity contribution in [1.29, 1.82) is 0 Å². The monoisotopic (exact) mass is 380 g/mol. The molecule has 1 N–H and O–H groups in total. The highest BCUT2D eigenvalue weighted by atomic mass is 16.2. The summed E-state index contributed by atoms with van der Waals surface area (Å²) in [7, 11) is 4.30. The third-order valence-electron chi connectivity index (χ3n) is 6.74. The number of nitrogens with one attached hydrogen (secondary N) is 1. The van der Waals surface area contributed by atoms with Crippen LogP contribution in [0.25, 0.3) is 0 Å². The fourth-order valence-electron chi connectivity index (χ4n) is 4.59. The molecule has 0 bridgehead atoms. The van der Waals surface area contributed by atoms with E-state index in [1.54, 1.807) is 0 Å². The van der Waals surface area contributed by atoms with E-state index in [0.29, 0.717) is 13.1 Å². The van der Waals surface area contributed by atoms with Gasteiger partial charge in [-0.25, -0.2) is 4.79 Å². The molecule has 0 aromatic heterocycles. The van der Waals surface area contributed by atoms with Crippen molar-refractivity contribution < 1.29 is 9.59 Å². The van der Waals surface area contributed by atoms with E-state index >= 15 is 0 Å². The largest absolute Gasteiger partial charge is 0.354 e. The van der Waals surface area contributed by atoms with Crippen LogP contribution in [0.5, 0.6) is 0 Å². The molecule has 1 aliphatic carbocycles. The molecule has 0 aromatic carbocycles. The summed E-state index contributed by atoms with van der Waals surface area (Å²) < 4.78 is 0. The number of amides is 3. The maximum atomic E-state index is 12.8. The minimum atomic E-state index is 0.0377. The summed E-state index contributed by atoms with van der Waals surface area (Å²) in [6, 6.07) is 0.115. The molecule has 0 unspecified atom stereocenters. The van der Waals surface area contributed by atoms with E-state index in [2.05, 4.69) is 24.3 Å². The Bertz CT molecular complexity index is 475. The SMILES string of the molecule is CCN(CC)C(=O)N1CCC(C(=O)NCC2(N(C)C)CCCCCC2)CC1. The van der Waals surface area contributed by atoms with E-state index in [-0.39, 0.29) is 23.4 Å². The Kier molecular flexibility index (Phi) is 8.39. The van der Waals surface area contributed by atoms with Gasteiger partial charge < -0.3 is 20.0 Å². The number of urea groups is 1. The number of carbonyl (C=O) groups is 2. The van der Waals surface area contributed by atoms with Gasteiger partial charge in [0.1, 0.15) is 0 Å². The minimum Gasteiger partial charge on any atom is -0.354 e. The number of piperidine rings is 1. The van der Waals surface area contributed by atoms with E-state index in [1.165, 1.54) is 25.7 Å². The maximum absolute atomic E-state index is 12.8. The van der Waals surface area contributed by atoms with E-state index in [9.17, 15) is 9.59 Å². The zero-order valence-corrected chi connectivity index (χ0v) is 17.9. The molecular weight excluding hydrogens is 340 g/mol. The Morgan fingerprint density at radius 2 is 1.56 bits per heavy atom. The summed E-state index contributed by atoms with van der Waals surface area (Å²) in [5, 5.41) is 3.27. The minimum absolute atomic E-state index is 0.0377. The average molecular weight is 381 g/mol. The zero-order valence-electron chi connectivity index (χ0n) is 17.9. The molecule has 1 saturated heterocycles. The van der Waals surface area contributed by atoms with E-state index in [4.69, 9.17) is 0 Å². The Morgan fingerprint density at radius 1 is 1.00 bits per heavy atom. The predicted octanol–water partition coefficient (Wildman–Crippen LogP) is 2.93. The second kappa shape index (κ2) is 10.3. The van der Waals surface area contributed by atoms with Crippen molar-refractivity contribution in [3.05, 3.63) is 0 Å². The zero-order chi connectivity index (χ0) is 19.9. The fraction of sp³-hybridized carbons (Fsp3) is 0.905. The smallest absolute Gasteiger partial charge is 0.319 e. The molecule has 2 rings (SSSR count). The first kappa shape index (κ1) is 22.0. The van der Waals surface area contributed by atoms with Crippen LogP contribution >= 0.6 is 0 Å². The summed E-state index contributed by atoms with van der Waals surface area (Å²) >= 11 is 0. The molecular formula is C21H40N4O2. The van der Waals surface area contributed by atoms with Gasteiger partial charge in [0.25, 0.3) is 0 Å². The lowest BCUT2D eigenvalue weighted by molar-refractivity contribution is -0.127. The van der Waals surface area contributed by atoms with Gasteiger partial charge in [0.05, 0.1) is 0 Å². The highest BCUT2D eigenvalue weighted by Gasteiger charge is 2.35. The summed E-state index contributed by atoms with van der Waals surface area (Å²) in [6.07, 6.45) is 8.99. The van der Waals surface area contributed by atoms with Crippen LogP contribution in [-0.4, -0.2) is 79.0 Å². The van der Waals surface area contributed by atoms with Crippen LogP contribution in [0.1, 0.15) is 65.2 Å². The van der Waals surface area contributed by atoms with Gasteiger partial charge in [-0.3, -0.25) is 4.79 Å². The Hall–Kier alpha value is -1.30. The number of carbonyl (C=O) groups excluding carboxylic acids is 2. The normalized spacial score (nSPS) is 21.0. The lowest BCUT2D eigenvalue weighted by Gasteiger charge is -2.40. The number of likely N-dealkylation sites (tertiary alicyclic amines) is 1. The molecule has 0 radical (unpaired) electrons. The van der Waals surface area contributed by atoms with Crippen LogP contribution < -0.4 is 5.32 Å². The molecule has 1 aliphatic heterocycles. The summed E-state index contributed by atoms with van der Waals surface area (Å²) in [4.78, 5) is 31.3. The average Bonchev–Trinajstić information content (AvgIpc) is 2.94. The van der Waals surface area contributed by atoms with Gasteiger partial charge in [-0.15, -0.1) is 0 Å². The molecule has 0 aromatic rings. The van der Waals surface area contributed by atoms with Gasteiger partial charge >= 0.3 is 6.03 Å². The molecule has 6 nitrogen and oxygen atoms in total. The van der Waals surface area contributed by atoms with Gasteiger partial charge in [-0.1, -0.05) is 25.7 Å². The molecule has 27 heavy (non-hydrogen) atoms. The molecule has 1 heterocycles. The first-order valence-corrected chi connectivity index (χ1v) is 10.9. The van der Waals surface area contributed by atoms with Crippen molar-refractivity contribution in [2.45, 2.75) is 70.8 Å². The van der Waals surface area contributed by atoms with Gasteiger partial charge in [-0.2, -0.15) is 0 Å². The maximum Gasteiger partial charge on any atom is 0.319 e. The number of likely N-dealkylation sites (N-methyl/N-ethyl adjacent to an activating group) is 1. The van der Waals surface area contributed by atoms with Gasteiger partial charge in [0, 0.05) is 44.2 Å². The lowest BCUT2D eigenvalue weighted by Crippen LogP contribution is -2.54. The van der Waals surface area contributed by atoms with Crippen LogP contribution in [0.15, 0.2) is 0 Å². The van der Waals surface area contributed by atoms with Gasteiger partial charge in [0.2, 0.25) is 5.91 Å². The molecule has 0 atom stereocenters. The Labute approximate surface area is 165 Å². The number of hydrogen-bond acceptors (Lipinski definition) is 3. The Morgan fingerprint density at radius 3 is 2.04 bits per heavy atom. The second-order valence-electron chi connectivity index (χ2n) is 8.47. The summed E-state index contributed by atoms with van der Waals surface area (Å²) in [6.45, 7) is 7.62. The highest BCUT2D eigenvalue weighted by Crippen LogP contribution is 2.31.